The van der Waals surface area contributed by atoms with Crippen molar-refractivity contribution < 1.29 is 27.9 Å². The van der Waals surface area contributed by atoms with Crippen LogP contribution < -0.4 is 0 Å². The van der Waals surface area contributed by atoms with Crippen LogP contribution in [0.1, 0.15) is 20.3 Å². The van der Waals surface area contributed by atoms with Gasteiger partial charge in [0, 0.05) is 25.9 Å². The fourth-order valence-corrected chi connectivity index (χ4v) is 4.29. The molecule has 0 aromatic heterocycles. The van der Waals surface area contributed by atoms with E-state index in [0.717, 1.165) is 13.0 Å². The summed E-state index contributed by atoms with van der Waals surface area (Å²) < 4.78 is 27.7. The fraction of sp³-hybridized carbons (Fsp3) is 1.00. The minimum absolute atomic E-state index is 0.0234. The van der Waals surface area contributed by atoms with Crippen LogP contribution in [0.3, 0.4) is 0 Å². The second-order valence-electron chi connectivity index (χ2n) is 4.25. The first-order valence-corrected chi connectivity index (χ1v) is 8.91. The minimum atomic E-state index is -2.65. The summed E-state index contributed by atoms with van der Waals surface area (Å²) in [6, 6.07) is 0.709. The molecule has 0 aliphatic carbocycles. The van der Waals surface area contributed by atoms with Crippen LogP contribution >= 0.6 is 0 Å². The molecule has 114 valence electrons. The lowest BCUT2D eigenvalue weighted by molar-refractivity contribution is 0.0491. The first-order chi connectivity index (χ1) is 9.26. The maximum Gasteiger partial charge on any atom is 0.501 e. The van der Waals surface area contributed by atoms with Gasteiger partial charge in [-0.1, -0.05) is 0 Å². The molecule has 0 radical (unpaired) electrons. The van der Waals surface area contributed by atoms with E-state index in [-0.39, 0.29) is 13.2 Å². The summed E-state index contributed by atoms with van der Waals surface area (Å²) in [5.41, 5.74) is 0. The SMILES string of the molecule is CCO[Si](CCCOCC1CO1)(OCC)OCCO. The van der Waals surface area contributed by atoms with E-state index in [0.29, 0.717) is 38.6 Å². The maximum absolute atomic E-state index is 8.89. The van der Waals surface area contributed by atoms with Crippen molar-refractivity contribution in [2.24, 2.45) is 0 Å². The van der Waals surface area contributed by atoms with E-state index < -0.39 is 8.80 Å². The van der Waals surface area contributed by atoms with Crippen molar-refractivity contribution in [1.29, 1.82) is 0 Å². The van der Waals surface area contributed by atoms with Crippen LogP contribution in [-0.2, 0) is 22.8 Å². The van der Waals surface area contributed by atoms with Gasteiger partial charge in [-0.2, -0.15) is 0 Å². The molecule has 1 unspecified atom stereocenters. The van der Waals surface area contributed by atoms with Crippen molar-refractivity contribution in [3.8, 4) is 0 Å². The molecule has 0 amide bonds. The first-order valence-electron chi connectivity index (χ1n) is 6.98. The average molecular weight is 294 g/mol. The van der Waals surface area contributed by atoms with Crippen molar-refractivity contribution in [2.75, 3.05) is 46.2 Å². The third-order valence-electron chi connectivity index (χ3n) is 2.62. The Kier molecular flexibility index (Phi) is 8.80. The molecule has 1 saturated heterocycles. The van der Waals surface area contributed by atoms with Gasteiger partial charge in [0.05, 0.1) is 26.4 Å². The second-order valence-corrected chi connectivity index (χ2v) is 6.99. The normalized spacial score (nSPS) is 18.8. The van der Waals surface area contributed by atoms with Crippen LogP contribution in [0.25, 0.3) is 0 Å². The molecule has 7 heteroatoms. The number of rotatable bonds is 13. The zero-order valence-electron chi connectivity index (χ0n) is 11.9. The topological polar surface area (TPSA) is 69.7 Å². The summed E-state index contributed by atoms with van der Waals surface area (Å²) in [6.45, 7) is 7.30. The third kappa shape index (κ3) is 7.36. The molecule has 0 aromatic rings. The maximum atomic E-state index is 8.89. The quantitative estimate of drug-likeness (QED) is 0.308. The molecule has 0 bridgehead atoms. The Hall–Kier alpha value is -0.0231. The van der Waals surface area contributed by atoms with E-state index in [4.69, 9.17) is 27.9 Å². The van der Waals surface area contributed by atoms with Gasteiger partial charge in [0.25, 0.3) is 0 Å². The summed E-state index contributed by atoms with van der Waals surface area (Å²) in [4.78, 5) is 0. The van der Waals surface area contributed by atoms with Crippen LogP contribution in [-0.4, -0.2) is 66.3 Å². The van der Waals surface area contributed by atoms with Gasteiger partial charge in [-0.3, -0.25) is 0 Å². The van der Waals surface area contributed by atoms with Gasteiger partial charge in [0.15, 0.2) is 0 Å². The summed E-state index contributed by atoms with van der Waals surface area (Å²) in [6.07, 6.45) is 1.12. The lowest BCUT2D eigenvalue weighted by Crippen LogP contribution is -2.46. The van der Waals surface area contributed by atoms with Gasteiger partial charge < -0.3 is 27.9 Å². The number of aliphatic hydroxyl groups excluding tert-OH is 1. The minimum Gasteiger partial charge on any atom is -0.394 e. The average Bonchev–Trinajstić information content (AvgIpc) is 3.21. The number of epoxide rings is 1. The fourth-order valence-electron chi connectivity index (χ4n) is 1.75. The Balaban J connectivity index is 2.26. The molecule has 0 saturated carbocycles. The third-order valence-corrected chi connectivity index (χ3v) is 5.69. The molecule has 1 N–H and O–H groups in total. The Morgan fingerprint density at radius 2 is 1.84 bits per heavy atom. The van der Waals surface area contributed by atoms with Crippen LogP contribution in [0.15, 0.2) is 0 Å². The lowest BCUT2D eigenvalue weighted by atomic mass is 10.5. The van der Waals surface area contributed by atoms with Gasteiger partial charge in [-0.15, -0.1) is 0 Å². The Morgan fingerprint density at radius 3 is 2.37 bits per heavy atom. The van der Waals surface area contributed by atoms with E-state index in [2.05, 4.69) is 0 Å². The molecule has 19 heavy (non-hydrogen) atoms. The van der Waals surface area contributed by atoms with Crippen LogP contribution in [0, 0.1) is 0 Å². The van der Waals surface area contributed by atoms with Crippen LogP contribution in [0.2, 0.25) is 6.04 Å². The predicted molar refractivity (Wildman–Crippen MR) is 72.0 cm³/mol. The lowest BCUT2D eigenvalue weighted by Gasteiger charge is -2.28. The Morgan fingerprint density at radius 1 is 1.16 bits per heavy atom. The van der Waals surface area contributed by atoms with E-state index in [9.17, 15) is 0 Å². The highest BCUT2D eigenvalue weighted by atomic mass is 28.4. The van der Waals surface area contributed by atoms with Crippen molar-refractivity contribution in [3.05, 3.63) is 0 Å². The number of aliphatic hydroxyl groups is 1. The number of hydrogen-bond donors (Lipinski definition) is 1. The van der Waals surface area contributed by atoms with Crippen LogP contribution in [0.4, 0.5) is 0 Å². The highest BCUT2D eigenvalue weighted by Gasteiger charge is 2.40. The molecule has 1 rings (SSSR count). The summed E-state index contributed by atoms with van der Waals surface area (Å²) in [7, 11) is -2.65. The van der Waals surface area contributed by atoms with E-state index >= 15 is 0 Å². The molecule has 1 aliphatic rings. The molecule has 1 aliphatic heterocycles. The molecule has 1 fully saturated rings. The molecule has 6 nitrogen and oxygen atoms in total. The van der Waals surface area contributed by atoms with Gasteiger partial charge in [-0.25, -0.2) is 0 Å². The van der Waals surface area contributed by atoms with Gasteiger partial charge in [0.1, 0.15) is 6.10 Å². The smallest absolute Gasteiger partial charge is 0.394 e. The number of ether oxygens (including phenoxy) is 2. The van der Waals surface area contributed by atoms with Crippen molar-refractivity contribution in [1.82, 2.24) is 0 Å². The molecule has 1 atom stereocenters. The molecular formula is C12H26O6Si. The van der Waals surface area contributed by atoms with Crippen molar-refractivity contribution in [2.45, 2.75) is 32.4 Å². The number of hydrogen-bond acceptors (Lipinski definition) is 6. The van der Waals surface area contributed by atoms with Crippen molar-refractivity contribution in [3.63, 3.8) is 0 Å². The largest absolute Gasteiger partial charge is 0.501 e. The molecular weight excluding hydrogens is 268 g/mol. The summed E-state index contributed by atoms with van der Waals surface area (Å²) >= 11 is 0. The van der Waals surface area contributed by atoms with E-state index in [1.54, 1.807) is 0 Å². The molecule has 1 heterocycles. The monoisotopic (exact) mass is 294 g/mol. The Labute approximate surface area is 116 Å². The zero-order chi connectivity index (χ0) is 14.0. The second kappa shape index (κ2) is 9.81. The predicted octanol–water partition coefficient (Wildman–Crippen LogP) is 0.813. The standard InChI is InChI=1S/C12H26O6Si/c1-3-16-19(17-4-2,18-8-6-13)9-5-7-14-10-12-11-15-12/h12-13H,3-11H2,1-2H3. The Bertz CT molecular complexity index is 218. The van der Waals surface area contributed by atoms with E-state index in [1.807, 2.05) is 13.8 Å². The summed E-state index contributed by atoms with van der Waals surface area (Å²) in [5.74, 6) is 0. The highest BCUT2D eigenvalue weighted by molar-refractivity contribution is 6.60. The molecule has 0 aromatic carbocycles. The van der Waals surface area contributed by atoms with Gasteiger partial charge in [-0.05, 0) is 20.3 Å². The van der Waals surface area contributed by atoms with Gasteiger partial charge in [0.2, 0.25) is 0 Å². The molecule has 0 spiro atoms. The van der Waals surface area contributed by atoms with Crippen LogP contribution in [0.5, 0.6) is 0 Å². The highest BCUT2D eigenvalue weighted by Crippen LogP contribution is 2.18. The van der Waals surface area contributed by atoms with Crippen molar-refractivity contribution >= 4 is 8.80 Å². The summed E-state index contributed by atoms with van der Waals surface area (Å²) in [5, 5.41) is 8.89. The van der Waals surface area contributed by atoms with E-state index in [1.165, 1.54) is 0 Å². The first kappa shape index (κ1) is 17.0. The zero-order valence-corrected chi connectivity index (χ0v) is 12.9. The van der Waals surface area contributed by atoms with Gasteiger partial charge >= 0.3 is 8.80 Å².